The van der Waals surface area contributed by atoms with E-state index in [0.717, 1.165) is 23.4 Å². The first-order valence-electron chi connectivity index (χ1n) is 9.56. The molecule has 0 aliphatic carbocycles. The molecule has 1 aromatic carbocycles. The van der Waals surface area contributed by atoms with E-state index in [9.17, 15) is 4.79 Å². The van der Waals surface area contributed by atoms with Crippen molar-refractivity contribution in [3.05, 3.63) is 23.7 Å². The lowest BCUT2D eigenvalue weighted by Gasteiger charge is -2.30. The maximum atomic E-state index is 11.8. The van der Waals surface area contributed by atoms with Crippen LogP contribution in [0, 0.1) is 5.92 Å². The Hall–Kier alpha value is -3.14. The number of anilines is 3. The highest BCUT2D eigenvalue weighted by molar-refractivity contribution is 7.16. The average Bonchev–Trinajstić information content (AvgIpc) is 3.27. The van der Waals surface area contributed by atoms with E-state index in [1.165, 1.54) is 18.4 Å². The number of thiazole rings is 1. The van der Waals surface area contributed by atoms with Crippen molar-refractivity contribution in [2.24, 2.45) is 5.92 Å². The summed E-state index contributed by atoms with van der Waals surface area (Å²) in [5.74, 6) is 2.30. The molecule has 9 nitrogen and oxygen atoms in total. The fraction of sp³-hybridized carbons (Fsp3) is 0.400. The second-order valence-corrected chi connectivity index (χ2v) is 7.69. The number of aromatic nitrogens is 3. The van der Waals surface area contributed by atoms with E-state index < -0.39 is 0 Å². The lowest BCUT2D eigenvalue weighted by atomic mass is 9.97. The van der Waals surface area contributed by atoms with E-state index in [2.05, 4.69) is 20.2 Å². The molecule has 3 aromatic rings. The molecular formula is C20H23N5O4S. The monoisotopic (exact) mass is 429 g/mol. The topological polar surface area (TPSA) is 98.7 Å². The van der Waals surface area contributed by atoms with Gasteiger partial charge in [-0.2, -0.15) is 9.97 Å². The number of ether oxygens (including phenoxy) is 3. The van der Waals surface area contributed by atoms with Crippen molar-refractivity contribution in [3.63, 3.8) is 0 Å². The molecule has 158 valence electrons. The van der Waals surface area contributed by atoms with Gasteiger partial charge >= 0.3 is 5.97 Å². The Morgan fingerprint density at radius 2 is 1.90 bits per heavy atom. The third-order valence-electron chi connectivity index (χ3n) is 5.14. The van der Waals surface area contributed by atoms with Crippen LogP contribution in [0.25, 0.3) is 10.3 Å². The van der Waals surface area contributed by atoms with Crippen LogP contribution in [-0.4, -0.2) is 55.3 Å². The molecule has 1 N–H and O–H groups in total. The van der Waals surface area contributed by atoms with Gasteiger partial charge in [-0.05, 0) is 25.0 Å². The summed E-state index contributed by atoms with van der Waals surface area (Å²) in [4.78, 5) is 28.5. The number of carbonyl (C=O) groups excluding carboxylic acids is 1. The second-order valence-electron chi connectivity index (χ2n) is 6.86. The Kier molecular flexibility index (Phi) is 5.84. The largest absolute Gasteiger partial charge is 0.493 e. The maximum Gasteiger partial charge on any atom is 0.308 e. The van der Waals surface area contributed by atoms with E-state index in [0.29, 0.717) is 41.9 Å². The Labute approximate surface area is 178 Å². The molecule has 0 atom stereocenters. The van der Waals surface area contributed by atoms with Crippen LogP contribution in [0.15, 0.2) is 23.7 Å². The summed E-state index contributed by atoms with van der Waals surface area (Å²) in [5.41, 5.74) is 3.27. The van der Waals surface area contributed by atoms with Crippen LogP contribution in [0.5, 0.6) is 11.5 Å². The number of rotatable bonds is 6. The van der Waals surface area contributed by atoms with Crippen molar-refractivity contribution < 1.29 is 19.0 Å². The zero-order chi connectivity index (χ0) is 21.1. The Balaban J connectivity index is 1.60. The van der Waals surface area contributed by atoms with Crippen LogP contribution in [0.1, 0.15) is 12.8 Å². The fourth-order valence-corrected chi connectivity index (χ4v) is 4.16. The summed E-state index contributed by atoms with van der Waals surface area (Å²) in [6.07, 6.45) is 1.43. The fourth-order valence-electron chi connectivity index (χ4n) is 3.51. The molecule has 1 saturated heterocycles. The van der Waals surface area contributed by atoms with Crippen LogP contribution >= 0.6 is 11.3 Å². The minimum Gasteiger partial charge on any atom is -0.493 e. The van der Waals surface area contributed by atoms with Gasteiger partial charge in [0.15, 0.2) is 22.1 Å². The molecule has 1 fully saturated rings. The zero-order valence-electron chi connectivity index (χ0n) is 17.0. The maximum absolute atomic E-state index is 11.8. The van der Waals surface area contributed by atoms with Crippen LogP contribution < -0.4 is 19.7 Å². The molecule has 0 amide bonds. The predicted octanol–water partition coefficient (Wildman–Crippen LogP) is 3.24. The minimum absolute atomic E-state index is 0.0669. The Morgan fingerprint density at radius 3 is 2.60 bits per heavy atom. The van der Waals surface area contributed by atoms with Gasteiger partial charge in [-0.15, -0.1) is 11.3 Å². The highest BCUT2D eigenvalue weighted by Gasteiger charge is 2.27. The number of esters is 1. The number of benzene rings is 1. The Morgan fingerprint density at radius 1 is 1.13 bits per heavy atom. The number of nitrogens with zero attached hydrogens (tertiary/aromatic N) is 4. The van der Waals surface area contributed by atoms with Crippen molar-refractivity contribution in [1.82, 2.24) is 15.0 Å². The number of carbonyl (C=O) groups is 1. The zero-order valence-corrected chi connectivity index (χ0v) is 17.9. The highest BCUT2D eigenvalue weighted by Crippen LogP contribution is 2.33. The molecule has 4 rings (SSSR count). The number of nitrogens with one attached hydrogen (secondary N) is 1. The summed E-state index contributed by atoms with van der Waals surface area (Å²) in [6, 6.07) is 5.57. The summed E-state index contributed by atoms with van der Waals surface area (Å²) >= 11 is 1.47. The average molecular weight is 430 g/mol. The number of hydrogen-bond donors (Lipinski definition) is 1. The summed E-state index contributed by atoms with van der Waals surface area (Å²) in [5, 5.41) is 3.33. The number of methoxy groups -OCH3 is 3. The molecule has 10 heteroatoms. The lowest BCUT2D eigenvalue weighted by molar-refractivity contribution is -0.146. The lowest BCUT2D eigenvalue weighted by Crippen LogP contribution is -2.37. The summed E-state index contributed by atoms with van der Waals surface area (Å²) < 4.78 is 15.6. The Bertz CT molecular complexity index is 1050. The van der Waals surface area contributed by atoms with Crippen molar-refractivity contribution >= 4 is 45.1 Å². The van der Waals surface area contributed by atoms with Crippen LogP contribution in [0.3, 0.4) is 0 Å². The standard InChI is InChI=1S/C20H23N5O4S/c1-27-14-5-4-13(10-15(14)28-2)22-17-16-18(30-11-21-16)24-20(23-17)25-8-6-12(7-9-25)19(26)29-3/h4-5,10-12H,6-9H2,1-3H3,(H,22,23,24). The molecule has 0 bridgehead atoms. The van der Waals surface area contributed by atoms with E-state index in [1.54, 1.807) is 19.7 Å². The third-order valence-corrected chi connectivity index (χ3v) is 5.86. The van der Waals surface area contributed by atoms with Crippen LogP contribution in [0.4, 0.5) is 17.5 Å². The molecule has 2 aromatic heterocycles. The van der Waals surface area contributed by atoms with Gasteiger partial charge in [0.05, 0.1) is 32.8 Å². The number of fused-ring (bicyclic) bond motifs is 1. The van der Waals surface area contributed by atoms with E-state index in [4.69, 9.17) is 19.2 Å². The van der Waals surface area contributed by atoms with Crippen LogP contribution in [-0.2, 0) is 9.53 Å². The van der Waals surface area contributed by atoms with Crippen molar-refractivity contribution in [1.29, 1.82) is 0 Å². The van der Waals surface area contributed by atoms with Crippen LogP contribution in [0.2, 0.25) is 0 Å². The van der Waals surface area contributed by atoms with Gasteiger partial charge in [0, 0.05) is 24.8 Å². The smallest absolute Gasteiger partial charge is 0.308 e. The molecule has 30 heavy (non-hydrogen) atoms. The molecule has 3 heterocycles. The molecular weight excluding hydrogens is 406 g/mol. The van der Waals surface area contributed by atoms with Gasteiger partial charge in [-0.25, -0.2) is 4.98 Å². The molecule has 0 radical (unpaired) electrons. The van der Waals surface area contributed by atoms with Gasteiger partial charge in [-0.3, -0.25) is 4.79 Å². The third kappa shape index (κ3) is 3.95. The first kappa shape index (κ1) is 20.1. The first-order valence-corrected chi connectivity index (χ1v) is 10.4. The van der Waals surface area contributed by atoms with Gasteiger partial charge in [-0.1, -0.05) is 0 Å². The molecule has 0 saturated carbocycles. The normalized spacial score (nSPS) is 14.6. The summed E-state index contributed by atoms with van der Waals surface area (Å²) in [6.45, 7) is 1.39. The second kappa shape index (κ2) is 8.70. The minimum atomic E-state index is -0.149. The molecule has 0 unspecified atom stereocenters. The predicted molar refractivity (Wildman–Crippen MR) is 115 cm³/mol. The van der Waals surface area contributed by atoms with Gasteiger partial charge in [0.2, 0.25) is 5.95 Å². The van der Waals surface area contributed by atoms with Gasteiger partial charge in [0.1, 0.15) is 5.52 Å². The molecule has 1 aliphatic heterocycles. The van der Waals surface area contributed by atoms with Gasteiger partial charge < -0.3 is 24.4 Å². The number of piperidine rings is 1. The summed E-state index contributed by atoms with van der Waals surface area (Å²) in [7, 11) is 4.63. The van der Waals surface area contributed by atoms with Crippen molar-refractivity contribution in [2.45, 2.75) is 12.8 Å². The quantitative estimate of drug-likeness (QED) is 0.592. The van der Waals surface area contributed by atoms with Crippen molar-refractivity contribution in [3.8, 4) is 11.5 Å². The van der Waals surface area contributed by atoms with E-state index in [-0.39, 0.29) is 11.9 Å². The van der Waals surface area contributed by atoms with Crippen molar-refractivity contribution in [2.75, 3.05) is 44.6 Å². The van der Waals surface area contributed by atoms with E-state index in [1.807, 2.05) is 18.2 Å². The highest BCUT2D eigenvalue weighted by atomic mass is 32.1. The molecule has 0 spiro atoms. The van der Waals surface area contributed by atoms with Gasteiger partial charge in [0.25, 0.3) is 0 Å². The first-order chi connectivity index (χ1) is 14.6. The number of hydrogen-bond acceptors (Lipinski definition) is 10. The molecule has 1 aliphatic rings. The van der Waals surface area contributed by atoms with E-state index >= 15 is 0 Å². The SMILES string of the molecule is COC(=O)C1CCN(c2nc(Nc3ccc(OC)c(OC)c3)c3ncsc3n2)CC1.